The third-order valence-electron chi connectivity index (χ3n) is 3.57. The van der Waals surface area contributed by atoms with Gasteiger partial charge in [-0.1, -0.05) is 12.8 Å². The molecule has 18 heavy (non-hydrogen) atoms. The van der Waals surface area contributed by atoms with Gasteiger partial charge in [0.25, 0.3) is 0 Å². The van der Waals surface area contributed by atoms with Crippen LogP contribution >= 0.6 is 15.9 Å². The predicted molar refractivity (Wildman–Crippen MR) is 71.5 cm³/mol. The molecule has 0 heterocycles. The Kier molecular flexibility index (Phi) is 3.82. The predicted octanol–water partition coefficient (Wildman–Crippen LogP) is 3.33. The lowest BCUT2D eigenvalue weighted by molar-refractivity contribution is 0.332. The van der Waals surface area contributed by atoms with Crippen molar-refractivity contribution in [1.29, 1.82) is 0 Å². The molecule has 3 nitrogen and oxygen atoms in total. The fraction of sp³-hybridized carbons (Fsp3) is 0.538. The number of hydrogen-bond donors (Lipinski definition) is 1. The first-order chi connectivity index (χ1) is 8.53. The number of hydrogen-bond acceptors (Lipinski definition) is 3. The van der Waals surface area contributed by atoms with E-state index in [1.165, 1.54) is 14.2 Å². The van der Waals surface area contributed by atoms with E-state index in [9.17, 15) is 4.39 Å². The summed E-state index contributed by atoms with van der Waals surface area (Å²) in [7, 11) is 2.88. The molecule has 100 valence electrons. The molecule has 0 saturated heterocycles. The van der Waals surface area contributed by atoms with E-state index in [0.717, 1.165) is 25.7 Å². The molecule has 2 rings (SSSR count). The zero-order valence-corrected chi connectivity index (χ0v) is 12.1. The highest BCUT2D eigenvalue weighted by Crippen LogP contribution is 2.46. The Labute approximate surface area is 115 Å². The van der Waals surface area contributed by atoms with E-state index < -0.39 is 11.4 Å². The minimum Gasteiger partial charge on any atom is -0.493 e. The molecule has 0 radical (unpaired) electrons. The Hall–Kier alpha value is -0.810. The Bertz CT molecular complexity index is 459. The van der Waals surface area contributed by atoms with Gasteiger partial charge < -0.3 is 15.2 Å². The van der Waals surface area contributed by atoms with Crippen molar-refractivity contribution in [3.8, 4) is 11.5 Å². The van der Waals surface area contributed by atoms with Gasteiger partial charge >= 0.3 is 0 Å². The molecule has 2 N–H and O–H groups in total. The number of halogens is 2. The maximum Gasteiger partial charge on any atom is 0.208 e. The van der Waals surface area contributed by atoms with Crippen molar-refractivity contribution in [2.24, 2.45) is 5.73 Å². The molecule has 0 amide bonds. The molecule has 1 fully saturated rings. The van der Waals surface area contributed by atoms with E-state index in [1.807, 2.05) is 6.07 Å². The second-order valence-electron chi connectivity index (χ2n) is 4.65. The lowest BCUT2D eigenvalue weighted by atomic mass is 9.88. The lowest BCUT2D eigenvalue weighted by Gasteiger charge is -2.27. The van der Waals surface area contributed by atoms with Crippen LogP contribution in [0.4, 0.5) is 4.39 Å². The van der Waals surface area contributed by atoms with Crippen LogP contribution < -0.4 is 15.2 Å². The number of ether oxygens (including phenoxy) is 2. The third-order valence-corrected chi connectivity index (χ3v) is 4.16. The van der Waals surface area contributed by atoms with Crippen molar-refractivity contribution < 1.29 is 13.9 Å². The van der Waals surface area contributed by atoms with Crippen LogP contribution in [0.2, 0.25) is 0 Å². The minimum atomic E-state index is -0.499. The van der Waals surface area contributed by atoms with Crippen LogP contribution in [0.25, 0.3) is 0 Å². The van der Waals surface area contributed by atoms with Crippen molar-refractivity contribution in [1.82, 2.24) is 0 Å². The fourth-order valence-electron chi connectivity index (χ4n) is 2.62. The van der Waals surface area contributed by atoms with E-state index in [4.69, 9.17) is 15.2 Å². The van der Waals surface area contributed by atoms with Gasteiger partial charge in [0.15, 0.2) is 11.5 Å². The van der Waals surface area contributed by atoms with Gasteiger partial charge in [-0.3, -0.25) is 0 Å². The van der Waals surface area contributed by atoms with E-state index in [2.05, 4.69) is 15.9 Å². The Morgan fingerprint density at radius 3 is 2.28 bits per heavy atom. The number of nitrogens with two attached hydrogens (primary N) is 1. The first kappa shape index (κ1) is 13.6. The van der Waals surface area contributed by atoms with E-state index in [-0.39, 0.29) is 11.5 Å². The highest BCUT2D eigenvalue weighted by atomic mass is 79.9. The largest absolute Gasteiger partial charge is 0.493 e. The third kappa shape index (κ3) is 2.10. The Balaban J connectivity index is 2.60. The summed E-state index contributed by atoms with van der Waals surface area (Å²) in [6, 6.07) is 1.81. The topological polar surface area (TPSA) is 44.5 Å². The van der Waals surface area contributed by atoms with Gasteiger partial charge in [0, 0.05) is 11.1 Å². The van der Waals surface area contributed by atoms with Crippen molar-refractivity contribution in [2.75, 3.05) is 14.2 Å². The van der Waals surface area contributed by atoms with Crippen LogP contribution in [0.1, 0.15) is 31.2 Å². The number of rotatable bonds is 3. The van der Waals surface area contributed by atoms with Crippen molar-refractivity contribution in [3.05, 3.63) is 21.9 Å². The van der Waals surface area contributed by atoms with E-state index in [1.54, 1.807) is 0 Å². The molecule has 0 unspecified atom stereocenters. The van der Waals surface area contributed by atoms with Gasteiger partial charge in [0.1, 0.15) is 0 Å². The summed E-state index contributed by atoms with van der Waals surface area (Å²) in [4.78, 5) is 0. The maximum atomic E-state index is 14.3. The smallest absolute Gasteiger partial charge is 0.208 e. The molecule has 1 aromatic carbocycles. The average molecular weight is 318 g/mol. The molecule has 1 saturated carbocycles. The van der Waals surface area contributed by atoms with Gasteiger partial charge in [0.05, 0.1) is 18.7 Å². The molecule has 0 spiro atoms. The molecule has 5 heteroatoms. The SMILES string of the molecule is COc1c(Br)cc(C2(N)CCCC2)c(OC)c1F. The molecular formula is C13H17BrFNO2. The van der Waals surface area contributed by atoms with Crippen LogP contribution in [0.5, 0.6) is 11.5 Å². The normalized spacial score (nSPS) is 17.8. The molecule has 0 bridgehead atoms. The zero-order chi connectivity index (χ0) is 13.3. The summed E-state index contributed by atoms with van der Waals surface area (Å²) in [5.74, 6) is -0.155. The number of benzene rings is 1. The summed E-state index contributed by atoms with van der Waals surface area (Å²) >= 11 is 3.32. The molecular weight excluding hydrogens is 301 g/mol. The molecule has 1 aromatic rings. The molecule has 1 aliphatic rings. The summed E-state index contributed by atoms with van der Waals surface area (Å²) in [5, 5.41) is 0. The average Bonchev–Trinajstić information content (AvgIpc) is 2.77. The van der Waals surface area contributed by atoms with E-state index >= 15 is 0 Å². The van der Waals surface area contributed by atoms with Crippen LogP contribution in [0.15, 0.2) is 10.5 Å². The summed E-state index contributed by atoms with van der Waals surface area (Å²) in [6.07, 6.45) is 3.82. The molecule has 0 aromatic heterocycles. The zero-order valence-electron chi connectivity index (χ0n) is 10.6. The first-order valence-corrected chi connectivity index (χ1v) is 6.72. The first-order valence-electron chi connectivity index (χ1n) is 5.93. The molecule has 0 atom stereocenters. The van der Waals surface area contributed by atoms with Gasteiger partial charge in [-0.2, -0.15) is 4.39 Å². The van der Waals surface area contributed by atoms with Crippen LogP contribution in [0, 0.1) is 5.82 Å². The van der Waals surface area contributed by atoms with Crippen LogP contribution in [-0.4, -0.2) is 14.2 Å². The highest BCUT2D eigenvalue weighted by Gasteiger charge is 2.36. The van der Waals surface area contributed by atoms with E-state index in [0.29, 0.717) is 10.0 Å². The lowest BCUT2D eigenvalue weighted by Crippen LogP contribution is -2.33. The summed E-state index contributed by atoms with van der Waals surface area (Å²) < 4.78 is 25.1. The molecule has 1 aliphatic carbocycles. The number of methoxy groups -OCH3 is 2. The minimum absolute atomic E-state index is 0.150. The van der Waals surface area contributed by atoms with Crippen LogP contribution in [0.3, 0.4) is 0 Å². The highest BCUT2D eigenvalue weighted by molar-refractivity contribution is 9.10. The second kappa shape index (κ2) is 5.05. The van der Waals surface area contributed by atoms with Crippen LogP contribution in [-0.2, 0) is 5.54 Å². The van der Waals surface area contributed by atoms with Crippen molar-refractivity contribution in [3.63, 3.8) is 0 Å². The monoisotopic (exact) mass is 317 g/mol. The maximum absolute atomic E-state index is 14.3. The van der Waals surface area contributed by atoms with Gasteiger partial charge in [-0.15, -0.1) is 0 Å². The van der Waals surface area contributed by atoms with Crippen molar-refractivity contribution >= 4 is 15.9 Å². The summed E-state index contributed by atoms with van der Waals surface area (Å²) in [6.45, 7) is 0. The van der Waals surface area contributed by atoms with Gasteiger partial charge in [0.2, 0.25) is 5.82 Å². The quantitative estimate of drug-likeness (QED) is 0.930. The summed E-state index contributed by atoms with van der Waals surface area (Å²) in [5.41, 5.74) is 6.59. The van der Waals surface area contributed by atoms with Gasteiger partial charge in [-0.25, -0.2) is 0 Å². The Morgan fingerprint density at radius 2 is 1.78 bits per heavy atom. The fourth-order valence-corrected chi connectivity index (χ4v) is 3.18. The second-order valence-corrected chi connectivity index (χ2v) is 5.50. The molecule has 0 aliphatic heterocycles. The van der Waals surface area contributed by atoms with Crippen molar-refractivity contribution in [2.45, 2.75) is 31.2 Å². The Morgan fingerprint density at radius 1 is 1.22 bits per heavy atom. The van der Waals surface area contributed by atoms with Gasteiger partial charge in [-0.05, 0) is 34.8 Å². The standard InChI is InChI=1S/C13H17BrFNO2/c1-17-11-8(13(16)5-3-4-6-13)7-9(14)12(18-2)10(11)15/h7H,3-6,16H2,1-2H3.